The first-order valence-electron chi connectivity index (χ1n) is 8.28. The molecule has 20 heavy (non-hydrogen) atoms. The van der Waals surface area contributed by atoms with Gasteiger partial charge < -0.3 is 0 Å². The number of allylic oxidation sites excluding steroid dienone is 4. The van der Waals surface area contributed by atoms with Crippen LogP contribution < -0.4 is 0 Å². The maximum atomic E-state index is 2.48. The molecule has 0 spiro atoms. The molecule has 0 amide bonds. The Morgan fingerprint density at radius 1 is 1.20 bits per heavy atom. The van der Waals surface area contributed by atoms with E-state index in [2.05, 4.69) is 50.3 Å². The van der Waals surface area contributed by atoms with Crippen molar-refractivity contribution >= 4 is 5.57 Å². The molecule has 0 bridgehead atoms. The highest BCUT2D eigenvalue weighted by atomic mass is 14.5. The van der Waals surface area contributed by atoms with Crippen molar-refractivity contribution in [2.45, 2.75) is 51.4 Å². The van der Waals surface area contributed by atoms with Crippen LogP contribution in [0.5, 0.6) is 0 Å². The normalized spacial score (nSPS) is 32.9. The third-order valence-electron chi connectivity index (χ3n) is 5.70. The smallest absolute Gasteiger partial charge is 0.0183 e. The Labute approximate surface area is 122 Å². The molecule has 1 aromatic rings. The number of unbranched alkanes of at least 4 members (excludes halogenated alkanes) is 2. The van der Waals surface area contributed by atoms with Crippen LogP contribution in [-0.4, -0.2) is 0 Å². The average molecular weight is 264 g/mol. The second kappa shape index (κ2) is 4.35. The SMILES string of the molecule is CCCCCC1(C)C2=C(c3ccccc31)C1CC1C=C2. The van der Waals surface area contributed by atoms with Crippen molar-refractivity contribution in [3.05, 3.63) is 53.1 Å². The van der Waals surface area contributed by atoms with E-state index in [1.807, 2.05) is 0 Å². The summed E-state index contributed by atoms with van der Waals surface area (Å²) >= 11 is 0. The lowest BCUT2D eigenvalue weighted by molar-refractivity contribution is 0.489. The van der Waals surface area contributed by atoms with Crippen molar-refractivity contribution in [2.24, 2.45) is 11.8 Å². The lowest BCUT2D eigenvalue weighted by atomic mass is 9.74. The first kappa shape index (κ1) is 12.4. The van der Waals surface area contributed by atoms with Gasteiger partial charge in [0.25, 0.3) is 0 Å². The van der Waals surface area contributed by atoms with Crippen molar-refractivity contribution in [1.29, 1.82) is 0 Å². The number of hydrogen-bond donors (Lipinski definition) is 0. The van der Waals surface area contributed by atoms with Crippen LogP contribution in [0.3, 0.4) is 0 Å². The molecule has 0 aliphatic heterocycles. The molecule has 104 valence electrons. The maximum absolute atomic E-state index is 2.48. The molecule has 0 heterocycles. The number of rotatable bonds is 4. The highest BCUT2D eigenvalue weighted by molar-refractivity contribution is 5.86. The molecule has 0 heteroatoms. The molecule has 1 saturated carbocycles. The fraction of sp³-hybridized carbons (Fsp3) is 0.500. The Bertz CT molecular complexity index is 604. The lowest BCUT2D eigenvalue weighted by Crippen LogP contribution is -2.22. The van der Waals surface area contributed by atoms with Crippen LogP contribution in [0.2, 0.25) is 0 Å². The fourth-order valence-electron chi connectivity index (χ4n) is 4.44. The highest BCUT2D eigenvalue weighted by Crippen LogP contribution is 2.61. The van der Waals surface area contributed by atoms with Crippen molar-refractivity contribution in [2.75, 3.05) is 0 Å². The first-order chi connectivity index (χ1) is 9.75. The summed E-state index contributed by atoms with van der Waals surface area (Å²) in [6, 6.07) is 9.19. The standard InChI is InChI=1S/C20H24/c1-3-4-7-12-20(2)17-9-6-5-8-15(17)19-16-13-14(16)10-11-18(19)20/h5-6,8-11,14,16H,3-4,7,12-13H2,1-2H3. The molecule has 3 aliphatic rings. The van der Waals surface area contributed by atoms with Crippen molar-refractivity contribution < 1.29 is 0 Å². The monoisotopic (exact) mass is 264 g/mol. The van der Waals surface area contributed by atoms with Gasteiger partial charge in [0.2, 0.25) is 0 Å². The topological polar surface area (TPSA) is 0 Å². The molecule has 3 unspecified atom stereocenters. The zero-order valence-corrected chi connectivity index (χ0v) is 12.7. The largest absolute Gasteiger partial charge is 0.0805 e. The molecular weight excluding hydrogens is 240 g/mol. The zero-order valence-electron chi connectivity index (χ0n) is 12.7. The summed E-state index contributed by atoms with van der Waals surface area (Å²) in [5, 5.41) is 0. The molecule has 0 aromatic heterocycles. The third-order valence-corrected chi connectivity index (χ3v) is 5.70. The number of fused-ring (bicyclic) bond motifs is 4. The van der Waals surface area contributed by atoms with E-state index >= 15 is 0 Å². The second-order valence-electron chi connectivity index (χ2n) is 7.03. The molecule has 4 rings (SSSR count). The molecule has 0 radical (unpaired) electrons. The molecule has 1 aromatic carbocycles. The average Bonchev–Trinajstić information content (AvgIpc) is 3.21. The molecule has 0 nitrogen and oxygen atoms in total. The quantitative estimate of drug-likeness (QED) is 0.630. The Hall–Kier alpha value is -1.30. The van der Waals surface area contributed by atoms with E-state index in [0.29, 0.717) is 0 Å². The van der Waals surface area contributed by atoms with Crippen LogP contribution in [0.1, 0.15) is 57.1 Å². The summed E-state index contributed by atoms with van der Waals surface area (Å²) in [6.45, 7) is 4.78. The Balaban J connectivity index is 1.79. The van der Waals surface area contributed by atoms with Gasteiger partial charge in [-0.05, 0) is 47.0 Å². The number of hydrogen-bond acceptors (Lipinski definition) is 0. The lowest BCUT2D eigenvalue weighted by Gasteiger charge is -2.29. The van der Waals surface area contributed by atoms with E-state index in [0.717, 1.165) is 11.8 Å². The molecule has 3 aliphatic carbocycles. The molecule has 3 atom stereocenters. The summed E-state index contributed by atoms with van der Waals surface area (Å²) in [7, 11) is 0. The highest BCUT2D eigenvalue weighted by Gasteiger charge is 2.49. The van der Waals surface area contributed by atoms with Gasteiger partial charge in [-0.2, -0.15) is 0 Å². The van der Waals surface area contributed by atoms with E-state index in [9.17, 15) is 0 Å². The minimum atomic E-state index is 0.269. The van der Waals surface area contributed by atoms with Crippen LogP contribution in [0.25, 0.3) is 5.57 Å². The summed E-state index contributed by atoms with van der Waals surface area (Å²) in [4.78, 5) is 0. The van der Waals surface area contributed by atoms with Crippen molar-refractivity contribution in [3.8, 4) is 0 Å². The van der Waals surface area contributed by atoms with Gasteiger partial charge in [0.15, 0.2) is 0 Å². The summed E-state index contributed by atoms with van der Waals surface area (Å²) in [6.07, 6.45) is 11.6. The van der Waals surface area contributed by atoms with Crippen LogP contribution >= 0.6 is 0 Å². The van der Waals surface area contributed by atoms with Gasteiger partial charge in [-0.3, -0.25) is 0 Å². The van der Waals surface area contributed by atoms with Crippen LogP contribution in [0.15, 0.2) is 42.0 Å². The first-order valence-corrected chi connectivity index (χ1v) is 8.28. The third kappa shape index (κ3) is 1.60. The van der Waals surface area contributed by atoms with E-state index < -0.39 is 0 Å². The molecule has 0 N–H and O–H groups in total. The van der Waals surface area contributed by atoms with Gasteiger partial charge in [-0.1, -0.05) is 69.5 Å². The fourth-order valence-corrected chi connectivity index (χ4v) is 4.44. The van der Waals surface area contributed by atoms with E-state index in [4.69, 9.17) is 0 Å². The van der Waals surface area contributed by atoms with Crippen molar-refractivity contribution in [1.82, 2.24) is 0 Å². The molecule has 0 saturated heterocycles. The van der Waals surface area contributed by atoms with Gasteiger partial charge in [-0.15, -0.1) is 0 Å². The Kier molecular flexibility index (Phi) is 2.70. The van der Waals surface area contributed by atoms with Crippen LogP contribution in [-0.2, 0) is 5.41 Å². The van der Waals surface area contributed by atoms with Gasteiger partial charge in [0.1, 0.15) is 0 Å². The van der Waals surface area contributed by atoms with Gasteiger partial charge in [0, 0.05) is 5.41 Å². The van der Waals surface area contributed by atoms with E-state index in [1.165, 1.54) is 32.1 Å². The van der Waals surface area contributed by atoms with Gasteiger partial charge in [-0.25, -0.2) is 0 Å². The molecule has 1 fully saturated rings. The van der Waals surface area contributed by atoms with Crippen molar-refractivity contribution in [3.63, 3.8) is 0 Å². The predicted octanol–water partition coefficient (Wildman–Crippen LogP) is 5.50. The second-order valence-corrected chi connectivity index (χ2v) is 7.03. The predicted molar refractivity (Wildman–Crippen MR) is 85.6 cm³/mol. The van der Waals surface area contributed by atoms with E-state index in [-0.39, 0.29) is 5.41 Å². The Morgan fingerprint density at radius 2 is 2.05 bits per heavy atom. The molecular formula is C20H24. The van der Waals surface area contributed by atoms with E-state index in [1.54, 1.807) is 22.3 Å². The number of benzene rings is 1. The summed E-state index contributed by atoms with van der Waals surface area (Å²) < 4.78 is 0. The Morgan fingerprint density at radius 3 is 2.90 bits per heavy atom. The van der Waals surface area contributed by atoms with Crippen LogP contribution in [0, 0.1) is 11.8 Å². The minimum Gasteiger partial charge on any atom is -0.0805 e. The van der Waals surface area contributed by atoms with Crippen LogP contribution in [0.4, 0.5) is 0 Å². The zero-order chi connectivity index (χ0) is 13.7. The minimum absolute atomic E-state index is 0.269. The summed E-state index contributed by atoms with van der Waals surface area (Å²) in [5.41, 5.74) is 6.78. The van der Waals surface area contributed by atoms with Gasteiger partial charge in [0.05, 0.1) is 0 Å². The summed E-state index contributed by atoms with van der Waals surface area (Å²) in [5.74, 6) is 1.68. The maximum Gasteiger partial charge on any atom is 0.0183 e. The van der Waals surface area contributed by atoms with Gasteiger partial charge >= 0.3 is 0 Å².